The SMILES string of the molecule is O=C(O)c1cccc(C(=O)NC23C[C@@H]4C[C@@H](CC(O)(C4)C2)C3)n1. The fourth-order valence-corrected chi connectivity index (χ4v) is 5.35. The van der Waals surface area contributed by atoms with E-state index in [-0.39, 0.29) is 22.8 Å². The molecule has 2 unspecified atom stereocenters. The maximum Gasteiger partial charge on any atom is 0.354 e. The Kier molecular flexibility index (Phi) is 3.04. The number of carbonyl (C=O) groups is 2. The summed E-state index contributed by atoms with van der Waals surface area (Å²) in [7, 11) is 0. The third-order valence-corrected chi connectivity index (χ3v) is 5.61. The minimum Gasteiger partial charge on any atom is -0.477 e. The van der Waals surface area contributed by atoms with E-state index < -0.39 is 11.6 Å². The van der Waals surface area contributed by atoms with Gasteiger partial charge in [0.1, 0.15) is 11.4 Å². The van der Waals surface area contributed by atoms with Crippen LogP contribution in [0.2, 0.25) is 0 Å². The van der Waals surface area contributed by atoms with Gasteiger partial charge in [-0.05, 0) is 62.5 Å². The molecule has 0 radical (unpaired) electrons. The highest BCUT2D eigenvalue weighted by Gasteiger charge is 2.57. The molecule has 4 atom stereocenters. The highest BCUT2D eigenvalue weighted by Crippen LogP contribution is 2.57. The predicted octanol–water partition coefficient (Wildman–Crippen LogP) is 1.59. The van der Waals surface area contributed by atoms with Crippen molar-refractivity contribution >= 4 is 11.9 Å². The summed E-state index contributed by atoms with van der Waals surface area (Å²) in [4.78, 5) is 27.5. The number of rotatable bonds is 3. The Labute approximate surface area is 133 Å². The lowest BCUT2D eigenvalue weighted by Gasteiger charge is -2.60. The van der Waals surface area contributed by atoms with Crippen LogP contribution >= 0.6 is 0 Å². The Balaban J connectivity index is 1.57. The van der Waals surface area contributed by atoms with E-state index in [9.17, 15) is 14.7 Å². The summed E-state index contributed by atoms with van der Waals surface area (Å²) in [6.45, 7) is 0. The second-order valence-corrected chi connectivity index (χ2v) is 7.63. The number of nitrogens with one attached hydrogen (secondary N) is 1. The summed E-state index contributed by atoms with van der Waals surface area (Å²) < 4.78 is 0. The zero-order chi connectivity index (χ0) is 16.2. The number of hydrogen-bond donors (Lipinski definition) is 3. The molecule has 6 heteroatoms. The maximum atomic E-state index is 12.6. The predicted molar refractivity (Wildman–Crippen MR) is 81.0 cm³/mol. The number of aliphatic hydroxyl groups is 1. The molecule has 0 saturated heterocycles. The summed E-state index contributed by atoms with van der Waals surface area (Å²) >= 11 is 0. The fourth-order valence-electron chi connectivity index (χ4n) is 5.35. The fraction of sp³-hybridized carbons (Fsp3) is 0.588. The van der Waals surface area contributed by atoms with Crippen molar-refractivity contribution in [1.82, 2.24) is 10.3 Å². The van der Waals surface area contributed by atoms with Crippen molar-refractivity contribution < 1.29 is 19.8 Å². The molecule has 1 aromatic rings. The number of aromatic carboxylic acids is 1. The molecular formula is C17H20N2O4. The number of amides is 1. The Bertz CT molecular complexity index is 673. The van der Waals surface area contributed by atoms with Crippen LogP contribution < -0.4 is 5.32 Å². The van der Waals surface area contributed by atoms with E-state index in [1.807, 2.05) is 0 Å². The molecule has 122 valence electrons. The van der Waals surface area contributed by atoms with Crippen molar-refractivity contribution in [1.29, 1.82) is 0 Å². The van der Waals surface area contributed by atoms with E-state index in [4.69, 9.17) is 5.11 Å². The van der Waals surface area contributed by atoms with Gasteiger partial charge in [-0.25, -0.2) is 9.78 Å². The summed E-state index contributed by atoms with van der Waals surface area (Å²) in [6.07, 6.45) is 5.22. The molecule has 4 aliphatic carbocycles. The summed E-state index contributed by atoms with van der Waals surface area (Å²) in [5, 5.41) is 22.8. The summed E-state index contributed by atoms with van der Waals surface area (Å²) in [6, 6.07) is 4.42. The molecule has 4 bridgehead atoms. The van der Waals surface area contributed by atoms with E-state index in [1.165, 1.54) is 18.2 Å². The first-order chi connectivity index (χ1) is 10.9. The van der Waals surface area contributed by atoms with E-state index in [2.05, 4.69) is 10.3 Å². The normalized spacial score (nSPS) is 37.6. The van der Waals surface area contributed by atoms with Gasteiger partial charge in [-0.3, -0.25) is 4.79 Å². The lowest BCUT2D eigenvalue weighted by Crippen LogP contribution is -2.65. The van der Waals surface area contributed by atoms with Gasteiger partial charge in [-0.1, -0.05) is 6.07 Å². The van der Waals surface area contributed by atoms with Crippen LogP contribution in [0.15, 0.2) is 18.2 Å². The van der Waals surface area contributed by atoms with Gasteiger partial charge in [0.05, 0.1) is 5.60 Å². The van der Waals surface area contributed by atoms with Crippen molar-refractivity contribution in [2.24, 2.45) is 11.8 Å². The Morgan fingerprint density at radius 2 is 1.78 bits per heavy atom. The molecule has 1 aromatic heterocycles. The molecule has 1 heterocycles. The Hall–Kier alpha value is -1.95. The first kappa shape index (κ1) is 14.6. The van der Waals surface area contributed by atoms with Gasteiger partial charge in [-0.15, -0.1) is 0 Å². The van der Waals surface area contributed by atoms with Gasteiger partial charge in [0, 0.05) is 5.54 Å². The first-order valence-corrected chi connectivity index (χ1v) is 8.12. The molecule has 1 amide bonds. The van der Waals surface area contributed by atoms with Crippen molar-refractivity contribution in [2.45, 2.75) is 49.7 Å². The average molecular weight is 316 g/mol. The van der Waals surface area contributed by atoms with E-state index in [0.717, 1.165) is 32.1 Å². The molecule has 0 spiro atoms. The highest BCUT2D eigenvalue weighted by molar-refractivity contribution is 5.94. The summed E-state index contributed by atoms with van der Waals surface area (Å²) in [5.74, 6) is -0.554. The molecule has 5 rings (SSSR count). The van der Waals surface area contributed by atoms with Gasteiger partial charge in [0.15, 0.2) is 0 Å². The molecule has 3 N–H and O–H groups in total. The van der Waals surface area contributed by atoms with Gasteiger partial charge < -0.3 is 15.5 Å². The van der Waals surface area contributed by atoms with Crippen molar-refractivity contribution in [3.8, 4) is 0 Å². The number of carbonyl (C=O) groups excluding carboxylic acids is 1. The summed E-state index contributed by atoms with van der Waals surface area (Å²) in [5.41, 5.74) is -1.03. The molecule has 4 aliphatic rings. The second-order valence-electron chi connectivity index (χ2n) is 7.63. The molecule has 0 aromatic carbocycles. The van der Waals surface area contributed by atoms with Crippen LogP contribution in [0, 0.1) is 11.8 Å². The third kappa shape index (κ3) is 2.51. The molecule has 6 nitrogen and oxygen atoms in total. The lowest BCUT2D eigenvalue weighted by atomic mass is 9.51. The quantitative estimate of drug-likeness (QED) is 0.786. The van der Waals surface area contributed by atoms with Crippen LogP contribution in [0.4, 0.5) is 0 Å². The van der Waals surface area contributed by atoms with Crippen LogP contribution in [-0.4, -0.2) is 38.2 Å². The third-order valence-electron chi connectivity index (χ3n) is 5.61. The van der Waals surface area contributed by atoms with Gasteiger partial charge in [0.2, 0.25) is 0 Å². The van der Waals surface area contributed by atoms with Crippen LogP contribution in [-0.2, 0) is 0 Å². The van der Waals surface area contributed by atoms with E-state index >= 15 is 0 Å². The number of pyridine rings is 1. The molecular weight excluding hydrogens is 296 g/mol. The lowest BCUT2D eigenvalue weighted by molar-refractivity contribution is -0.139. The Morgan fingerprint density at radius 3 is 2.39 bits per heavy atom. The molecule has 4 fully saturated rings. The number of nitrogens with zero attached hydrogens (tertiary/aromatic N) is 1. The molecule has 0 aliphatic heterocycles. The highest BCUT2D eigenvalue weighted by atomic mass is 16.4. The monoisotopic (exact) mass is 316 g/mol. The number of carboxylic acid groups (broad SMARTS) is 1. The van der Waals surface area contributed by atoms with Gasteiger partial charge in [-0.2, -0.15) is 0 Å². The maximum absolute atomic E-state index is 12.6. The van der Waals surface area contributed by atoms with Gasteiger partial charge >= 0.3 is 5.97 Å². The van der Waals surface area contributed by atoms with Gasteiger partial charge in [0.25, 0.3) is 5.91 Å². The first-order valence-electron chi connectivity index (χ1n) is 8.12. The van der Waals surface area contributed by atoms with Crippen LogP contribution in [0.1, 0.15) is 59.5 Å². The molecule has 23 heavy (non-hydrogen) atoms. The number of aromatic nitrogens is 1. The smallest absolute Gasteiger partial charge is 0.354 e. The van der Waals surface area contributed by atoms with Crippen molar-refractivity contribution in [3.05, 3.63) is 29.6 Å². The topological polar surface area (TPSA) is 99.5 Å². The number of hydrogen-bond acceptors (Lipinski definition) is 4. The zero-order valence-corrected chi connectivity index (χ0v) is 12.8. The van der Waals surface area contributed by atoms with E-state index in [0.29, 0.717) is 18.3 Å². The van der Waals surface area contributed by atoms with Crippen LogP contribution in [0.25, 0.3) is 0 Å². The minimum absolute atomic E-state index is 0.118. The Morgan fingerprint density at radius 1 is 1.13 bits per heavy atom. The minimum atomic E-state index is -1.15. The number of carboxylic acids is 1. The second kappa shape index (κ2) is 4.77. The van der Waals surface area contributed by atoms with E-state index in [1.54, 1.807) is 0 Å². The van der Waals surface area contributed by atoms with Crippen molar-refractivity contribution in [3.63, 3.8) is 0 Å². The molecule has 4 saturated carbocycles. The average Bonchev–Trinajstić information content (AvgIpc) is 2.44. The largest absolute Gasteiger partial charge is 0.477 e. The zero-order valence-electron chi connectivity index (χ0n) is 12.8. The standard InChI is InChI=1S/C17H20N2O4/c20-14(12-2-1-3-13(18-12)15(21)22)19-16-5-10-4-11(6-16)8-17(23,7-10)9-16/h1-3,10-11,23H,4-9H2,(H,19,20)(H,21,22)/t10-,11+,16?,17?. The van der Waals surface area contributed by atoms with Crippen LogP contribution in [0.5, 0.6) is 0 Å². The van der Waals surface area contributed by atoms with Crippen molar-refractivity contribution in [2.75, 3.05) is 0 Å². The van der Waals surface area contributed by atoms with Crippen LogP contribution in [0.3, 0.4) is 0 Å².